The van der Waals surface area contributed by atoms with Crippen LogP contribution in [0.4, 0.5) is 5.69 Å². The Balaban J connectivity index is 1.31. The summed E-state index contributed by atoms with van der Waals surface area (Å²) in [6, 6.07) is 25.7. The topological polar surface area (TPSA) is 64.7 Å². The molecule has 0 aliphatic carbocycles. The van der Waals surface area contributed by atoms with E-state index in [1.54, 1.807) is 17.0 Å². The maximum atomic E-state index is 13.1. The van der Waals surface area contributed by atoms with Gasteiger partial charge in [0.25, 0.3) is 5.91 Å². The molecule has 2 atom stereocenters. The lowest BCUT2D eigenvalue weighted by Gasteiger charge is -2.46. The average Bonchev–Trinajstić information content (AvgIpc) is 3.31. The first-order valence-corrected chi connectivity index (χ1v) is 11.5. The fourth-order valence-electron chi connectivity index (χ4n) is 4.20. The number of benzene rings is 3. The molecule has 1 aliphatic heterocycles. The highest BCUT2D eigenvalue weighted by atomic mass is 16.5. The lowest BCUT2D eigenvalue weighted by Crippen LogP contribution is -2.61. The largest absolute Gasteiger partial charge is 0.478 e. The molecule has 0 radical (unpaired) electrons. The van der Waals surface area contributed by atoms with Crippen LogP contribution in [0.25, 0.3) is 0 Å². The van der Waals surface area contributed by atoms with Crippen LogP contribution in [0.1, 0.15) is 22.0 Å². The van der Waals surface area contributed by atoms with E-state index in [1.165, 1.54) is 0 Å². The Morgan fingerprint density at radius 2 is 1.63 bits per heavy atom. The first kappa shape index (κ1) is 22.4. The minimum atomic E-state index is -0.654. The number of aromatic nitrogens is 2. The lowest BCUT2D eigenvalue weighted by atomic mass is 9.89. The molecule has 1 aliphatic rings. The standard InChI is InChI=1S/C28H26N3O4/c1-29-16-17-30(20-29)18-19-34-28(33)22-14-12-21(13-15-22)25-26(35-24-10-6-3-7-11-24)27(32)31(25)23-8-4-2-5-9-23/h2-17,20,25-26H,18-19H2,1H3/q+1. The summed E-state index contributed by atoms with van der Waals surface area (Å²) >= 11 is 0. The minimum Gasteiger partial charge on any atom is -0.478 e. The Labute approximate surface area is 203 Å². The predicted molar refractivity (Wildman–Crippen MR) is 130 cm³/mol. The molecule has 0 bridgehead atoms. The van der Waals surface area contributed by atoms with Gasteiger partial charge in [-0.25, -0.2) is 13.9 Å². The number of para-hydroxylation sites is 2. The monoisotopic (exact) mass is 468 g/mol. The van der Waals surface area contributed by atoms with Crippen LogP contribution in [0, 0.1) is 0 Å². The number of hydrogen-bond donors (Lipinski definition) is 0. The van der Waals surface area contributed by atoms with Crippen molar-refractivity contribution in [2.45, 2.75) is 18.7 Å². The van der Waals surface area contributed by atoms with Crippen molar-refractivity contribution in [2.24, 2.45) is 7.05 Å². The highest BCUT2D eigenvalue weighted by Gasteiger charge is 2.51. The molecular formula is C28H26N3O4+. The number of amides is 1. The molecule has 0 N–H and O–H groups in total. The minimum absolute atomic E-state index is 0.105. The summed E-state index contributed by atoms with van der Waals surface area (Å²) in [5.41, 5.74) is 2.15. The average molecular weight is 469 g/mol. The van der Waals surface area contributed by atoms with Crippen molar-refractivity contribution in [2.75, 3.05) is 11.5 Å². The van der Waals surface area contributed by atoms with Gasteiger partial charge in [-0.1, -0.05) is 48.5 Å². The second-order valence-electron chi connectivity index (χ2n) is 8.41. The number of ether oxygens (including phenoxy) is 2. The first-order chi connectivity index (χ1) is 17.1. The second-order valence-corrected chi connectivity index (χ2v) is 8.41. The summed E-state index contributed by atoms with van der Waals surface area (Å²) in [6.45, 7) is 0.862. The maximum Gasteiger partial charge on any atom is 0.338 e. The quantitative estimate of drug-likeness (QED) is 0.225. The highest BCUT2D eigenvalue weighted by Crippen LogP contribution is 2.41. The summed E-state index contributed by atoms with van der Waals surface area (Å²) in [4.78, 5) is 27.3. The highest BCUT2D eigenvalue weighted by molar-refractivity contribution is 6.05. The molecule has 1 amide bonds. The molecule has 1 saturated heterocycles. The zero-order chi connectivity index (χ0) is 24.2. The number of carbonyl (C=O) groups is 2. The van der Waals surface area contributed by atoms with Crippen molar-refractivity contribution in [1.82, 2.24) is 4.57 Å². The van der Waals surface area contributed by atoms with Gasteiger partial charge in [0.15, 0.2) is 0 Å². The Bertz CT molecular complexity index is 1300. The van der Waals surface area contributed by atoms with Gasteiger partial charge < -0.3 is 9.47 Å². The molecule has 2 unspecified atom stereocenters. The fourth-order valence-corrected chi connectivity index (χ4v) is 4.20. The van der Waals surface area contributed by atoms with Crippen LogP contribution in [-0.4, -0.2) is 29.2 Å². The van der Waals surface area contributed by atoms with Crippen LogP contribution < -0.4 is 14.2 Å². The number of aryl methyl sites for hydroxylation is 1. The van der Waals surface area contributed by atoms with Crippen molar-refractivity contribution in [3.8, 4) is 5.75 Å². The van der Waals surface area contributed by atoms with Crippen LogP contribution in [0.15, 0.2) is 104 Å². The van der Waals surface area contributed by atoms with Gasteiger partial charge in [-0.15, -0.1) is 0 Å². The summed E-state index contributed by atoms with van der Waals surface area (Å²) in [5, 5.41) is 0. The normalized spacial score (nSPS) is 17.1. The molecule has 176 valence electrons. The number of nitrogens with zero attached hydrogens (tertiary/aromatic N) is 3. The molecule has 7 nitrogen and oxygen atoms in total. The molecule has 2 heterocycles. The zero-order valence-electron chi connectivity index (χ0n) is 19.4. The van der Waals surface area contributed by atoms with E-state index in [-0.39, 0.29) is 24.5 Å². The van der Waals surface area contributed by atoms with Gasteiger partial charge >= 0.3 is 5.97 Å². The zero-order valence-corrected chi connectivity index (χ0v) is 19.4. The smallest absolute Gasteiger partial charge is 0.338 e. The molecule has 0 spiro atoms. The molecule has 7 heteroatoms. The molecule has 1 fully saturated rings. The van der Waals surface area contributed by atoms with E-state index in [0.717, 1.165) is 11.3 Å². The lowest BCUT2D eigenvalue weighted by molar-refractivity contribution is -0.671. The van der Waals surface area contributed by atoms with Crippen molar-refractivity contribution >= 4 is 17.6 Å². The maximum absolute atomic E-state index is 13.1. The third-order valence-corrected chi connectivity index (χ3v) is 5.98. The van der Waals surface area contributed by atoms with Gasteiger partial charge in [-0.2, -0.15) is 0 Å². The van der Waals surface area contributed by atoms with E-state index in [0.29, 0.717) is 17.9 Å². The number of carbonyl (C=O) groups excluding carboxylic acids is 2. The second kappa shape index (κ2) is 9.85. The number of anilines is 1. The van der Waals surface area contributed by atoms with Crippen molar-refractivity contribution in [1.29, 1.82) is 0 Å². The van der Waals surface area contributed by atoms with Gasteiger partial charge in [0, 0.05) is 5.69 Å². The Morgan fingerprint density at radius 3 is 2.29 bits per heavy atom. The number of esters is 1. The summed E-state index contributed by atoms with van der Waals surface area (Å²) in [6.07, 6.45) is 5.13. The predicted octanol–water partition coefficient (Wildman–Crippen LogP) is 3.71. The number of β-lactam (4-membered cyclic amide) rings is 1. The molecule has 35 heavy (non-hydrogen) atoms. The third-order valence-electron chi connectivity index (χ3n) is 5.98. The molecule has 3 aromatic carbocycles. The van der Waals surface area contributed by atoms with Gasteiger partial charge in [0.1, 0.15) is 37.3 Å². The molecular weight excluding hydrogens is 442 g/mol. The third kappa shape index (κ3) is 4.80. The van der Waals surface area contributed by atoms with Crippen LogP contribution in [0.2, 0.25) is 0 Å². The van der Waals surface area contributed by atoms with E-state index in [2.05, 4.69) is 0 Å². The van der Waals surface area contributed by atoms with Gasteiger partial charge in [0.2, 0.25) is 12.4 Å². The van der Waals surface area contributed by atoms with Gasteiger partial charge in [-0.05, 0) is 42.0 Å². The molecule has 1 aromatic heterocycles. The van der Waals surface area contributed by atoms with Crippen LogP contribution >= 0.6 is 0 Å². The SMILES string of the molecule is C[n+]1ccn(CCOC(=O)c2ccc(C3C(Oc4ccccc4)C(=O)N3c3ccccc3)cc2)c1. The summed E-state index contributed by atoms with van der Waals surface area (Å²) in [7, 11) is 1.94. The van der Waals surface area contributed by atoms with E-state index in [9.17, 15) is 9.59 Å². The van der Waals surface area contributed by atoms with Crippen LogP contribution in [0.5, 0.6) is 5.75 Å². The molecule has 4 aromatic rings. The van der Waals surface area contributed by atoms with Crippen molar-refractivity contribution < 1.29 is 23.6 Å². The van der Waals surface area contributed by atoms with Crippen molar-refractivity contribution in [3.63, 3.8) is 0 Å². The van der Waals surface area contributed by atoms with Crippen LogP contribution in [-0.2, 0) is 23.1 Å². The first-order valence-electron chi connectivity index (χ1n) is 11.5. The van der Waals surface area contributed by atoms with E-state index in [4.69, 9.17) is 9.47 Å². The Morgan fingerprint density at radius 1 is 0.943 bits per heavy atom. The fraction of sp³-hybridized carbons (Fsp3) is 0.179. The molecule has 5 rings (SSSR count). The summed E-state index contributed by atoms with van der Waals surface area (Å²) in [5.74, 6) is 0.154. The van der Waals surface area contributed by atoms with Gasteiger partial charge in [-0.3, -0.25) is 9.69 Å². The Kier molecular flexibility index (Phi) is 6.30. The van der Waals surface area contributed by atoms with Gasteiger partial charge in [0.05, 0.1) is 12.6 Å². The van der Waals surface area contributed by atoms with Crippen LogP contribution in [0.3, 0.4) is 0 Å². The van der Waals surface area contributed by atoms with E-state index < -0.39 is 6.10 Å². The number of hydrogen-bond acceptors (Lipinski definition) is 4. The van der Waals surface area contributed by atoms with E-state index >= 15 is 0 Å². The number of rotatable bonds is 8. The summed E-state index contributed by atoms with van der Waals surface area (Å²) < 4.78 is 15.4. The number of imidazole rings is 1. The molecule has 0 saturated carbocycles. The van der Waals surface area contributed by atoms with E-state index in [1.807, 2.05) is 108 Å². The Hall–Kier alpha value is -4.39. The van der Waals surface area contributed by atoms with Crippen molar-refractivity contribution in [3.05, 3.63) is 115 Å².